The van der Waals surface area contributed by atoms with Crippen LogP contribution >= 0.6 is 24.2 Å². The van der Waals surface area contributed by atoms with Crippen LogP contribution in [0, 0.1) is 0 Å². The van der Waals surface area contributed by atoms with Gasteiger partial charge >= 0.3 is 0 Å². The van der Waals surface area contributed by atoms with Gasteiger partial charge in [0, 0.05) is 12.1 Å². The van der Waals surface area contributed by atoms with Crippen molar-refractivity contribution in [2.45, 2.75) is 76.3 Å². The Labute approximate surface area is 127 Å². The minimum atomic E-state index is 0.602. The van der Waals surface area contributed by atoms with Crippen LogP contribution in [-0.4, -0.2) is 23.1 Å². The second-order valence-electron chi connectivity index (χ2n) is 5.73. The van der Waals surface area contributed by atoms with E-state index in [1.54, 1.807) is 11.9 Å². The van der Waals surface area contributed by atoms with Gasteiger partial charge in [-0.1, -0.05) is 50.5 Å². The number of thiocarbonyl (C=S) groups is 1. The molecule has 0 aliphatic heterocycles. The molecule has 0 saturated heterocycles. The standard InChI is InChI=1S/C14H27N3S2/c18-14(16-12-7-3-1-4-8-12)15-11-19-17-13-9-5-2-6-10-13/h12-13,17H,1-11H2,(H2,15,16,18). The summed E-state index contributed by atoms with van der Waals surface area (Å²) >= 11 is 7.10. The first-order chi connectivity index (χ1) is 9.34. The van der Waals surface area contributed by atoms with Gasteiger partial charge in [0.15, 0.2) is 5.11 Å². The Morgan fingerprint density at radius 2 is 1.47 bits per heavy atom. The van der Waals surface area contributed by atoms with Crippen molar-refractivity contribution in [1.29, 1.82) is 0 Å². The number of hydrogen-bond donors (Lipinski definition) is 3. The highest BCUT2D eigenvalue weighted by atomic mass is 32.2. The Morgan fingerprint density at radius 1 is 0.895 bits per heavy atom. The second-order valence-corrected chi connectivity index (χ2v) is 6.95. The van der Waals surface area contributed by atoms with E-state index in [2.05, 4.69) is 15.4 Å². The topological polar surface area (TPSA) is 36.1 Å². The lowest BCUT2D eigenvalue weighted by Gasteiger charge is -2.25. The lowest BCUT2D eigenvalue weighted by Crippen LogP contribution is -2.43. The van der Waals surface area contributed by atoms with Crippen molar-refractivity contribution in [2.24, 2.45) is 0 Å². The Morgan fingerprint density at radius 3 is 2.11 bits per heavy atom. The minimum Gasteiger partial charge on any atom is -0.360 e. The molecule has 0 spiro atoms. The molecule has 0 atom stereocenters. The lowest BCUT2D eigenvalue weighted by molar-refractivity contribution is 0.412. The molecule has 19 heavy (non-hydrogen) atoms. The van der Waals surface area contributed by atoms with Crippen LogP contribution in [0.3, 0.4) is 0 Å². The third-order valence-corrected chi connectivity index (χ3v) is 5.15. The van der Waals surface area contributed by atoms with Gasteiger partial charge < -0.3 is 10.6 Å². The van der Waals surface area contributed by atoms with Crippen LogP contribution in [0.15, 0.2) is 0 Å². The van der Waals surface area contributed by atoms with E-state index in [9.17, 15) is 0 Å². The first kappa shape index (κ1) is 15.4. The smallest absolute Gasteiger partial charge is 0.167 e. The second kappa shape index (κ2) is 9.03. The van der Waals surface area contributed by atoms with Gasteiger partial charge in [0.1, 0.15) is 0 Å². The fraction of sp³-hybridized carbons (Fsp3) is 0.929. The van der Waals surface area contributed by atoms with Gasteiger partial charge in [-0.05, 0) is 37.9 Å². The van der Waals surface area contributed by atoms with Crippen LogP contribution in [0.2, 0.25) is 0 Å². The molecule has 0 amide bonds. The van der Waals surface area contributed by atoms with Gasteiger partial charge in [0.25, 0.3) is 0 Å². The Balaban J connectivity index is 1.48. The largest absolute Gasteiger partial charge is 0.360 e. The maximum atomic E-state index is 5.34. The molecule has 3 N–H and O–H groups in total. The fourth-order valence-corrected chi connectivity index (χ4v) is 4.07. The van der Waals surface area contributed by atoms with E-state index in [1.807, 2.05) is 0 Å². The molecule has 0 unspecified atom stereocenters. The summed E-state index contributed by atoms with van der Waals surface area (Å²) in [5.74, 6) is 0.856. The van der Waals surface area contributed by atoms with Crippen molar-refractivity contribution in [3.05, 3.63) is 0 Å². The maximum absolute atomic E-state index is 5.34. The molecule has 2 saturated carbocycles. The highest BCUT2D eigenvalue weighted by Crippen LogP contribution is 2.19. The first-order valence-electron chi connectivity index (χ1n) is 7.76. The molecular weight excluding hydrogens is 274 g/mol. The summed E-state index contributed by atoms with van der Waals surface area (Å²) in [7, 11) is 0. The Hall–Kier alpha value is -0.0000000000000000555. The van der Waals surface area contributed by atoms with Crippen LogP contribution in [-0.2, 0) is 0 Å². The number of rotatable bonds is 5. The molecule has 0 aromatic rings. The van der Waals surface area contributed by atoms with Crippen molar-refractivity contribution in [3.63, 3.8) is 0 Å². The van der Waals surface area contributed by atoms with E-state index in [0.717, 1.165) is 11.0 Å². The third kappa shape index (κ3) is 6.32. The molecule has 110 valence electrons. The van der Waals surface area contributed by atoms with E-state index in [4.69, 9.17) is 12.2 Å². The van der Waals surface area contributed by atoms with Crippen molar-refractivity contribution < 1.29 is 0 Å². The van der Waals surface area contributed by atoms with Gasteiger partial charge in [-0.3, -0.25) is 4.72 Å². The predicted octanol–water partition coefficient (Wildman–Crippen LogP) is 3.31. The molecule has 0 bridgehead atoms. The zero-order valence-electron chi connectivity index (χ0n) is 11.7. The van der Waals surface area contributed by atoms with E-state index in [0.29, 0.717) is 12.1 Å². The first-order valence-corrected chi connectivity index (χ1v) is 9.15. The average Bonchev–Trinajstić information content (AvgIpc) is 2.46. The zero-order chi connectivity index (χ0) is 13.3. The van der Waals surface area contributed by atoms with Crippen LogP contribution in [0.5, 0.6) is 0 Å². The van der Waals surface area contributed by atoms with E-state index in [1.165, 1.54) is 64.2 Å². The molecule has 0 radical (unpaired) electrons. The Kier molecular flexibility index (Phi) is 7.32. The molecule has 0 aromatic carbocycles. The average molecular weight is 302 g/mol. The molecule has 2 aliphatic carbocycles. The lowest BCUT2D eigenvalue weighted by atomic mass is 9.96. The van der Waals surface area contributed by atoms with Crippen molar-refractivity contribution >= 4 is 29.3 Å². The van der Waals surface area contributed by atoms with Gasteiger partial charge in [0.05, 0.1) is 5.88 Å². The minimum absolute atomic E-state index is 0.602. The van der Waals surface area contributed by atoms with Crippen molar-refractivity contribution in [2.75, 3.05) is 5.88 Å². The monoisotopic (exact) mass is 301 g/mol. The summed E-state index contributed by atoms with van der Waals surface area (Å²) in [5.41, 5.74) is 0. The van der Waals surface area contributed by atoms with Gasteiger partial charge in [-0.15, -0.1) is 0 Å². The van der Waals surface area contributed by atoms with Crippen LogP contribution in [0.4, 0.5) is 0 Å². The molecule has 0 heterocycles. The summed E-state index contributed by atoms with van der Waals surface area (Å²) in [6, 6.07) is 1.31. The molecule has 2 rings (SSSR count). The van der Waals surface area contributed by atoms with Crippen molar-refractivity contribution in [3.8, 4) is 0 Å². The third-order valence-electron chi connectivity index (χ3n) is 4.10. The number of nitrogens with one attached hydrogen (secondary N) is 3. The summed E-state index contributed by atoms with van der Waals surface area (Å²) in [6.45, 7) is 0. The summed E-state index contributed by atoms with van der Waals surface area (Å²) in [4.78, 5) is 0. The highest BCUT2D eigenvalue weighted by Gasteiger charge is 2.14. The molecule has 2 fully saturated rings. The predicted molar refractivity (Wildman–Crippen MR) is 88.2 cm³/mol. The van der Waals surface area contributed by atoms with Gasteiger partial charge in [-0.2, -0.15) is 0 Å². The van der Waals surface area contributed by atoms with Gasteiger partial charge in [0.2, 0.25) is 0 Å². The number of hydrogen-bond acceptors (Lipinski definition) is 3. The van der Waals surface area contributed by atoms with Crippen LogP contribution < -0.4 is 15.4 Å². The normalized spacial score (nSPS) is 22.1. The zero-order valence-corrected chi connectivity index (χ0v) is 13.4. The summed E-state index contributed by atoms with van der Waals surface area (Å²) < 4.78 is 3.55. The molecule has 0 aromatic heterocycles. The van der Waals surface area contributed by atoms with E-state index in [-0.39, 0.29) is 0 Å². The molecule has 5 heteroatoms. The summed E-state index contributed by atoms with van der Waals surface area (Å²) in [6.07, 6.45) is 13.5. The highest BCUT2D eigenvalue weighted by molar-refractivity contribution is 7.97. The van der Waals surface area contributed by atoms with Crippen LogP contribution in [0.1, 0.15) is 64.2 Å². The quantitative estimate of drug-likeness (QED) is 0.314. The molecular formula is C14H27N3S2. The molecule has 2 aliphatic rings. The summed E-state index contributed by atoms with van der Waals surface area (Å²) in [5, 5.41) is 7.55. The SMILES string of the molecule is S=C(NCSNC1CCCCC1)NC1CCCCC1. The molecule has 3 nitrogen and oxygen atoms in total. The maximum Gasteiger partial charge on any atom is 0.167 e. The van der Waals surface area contributed by atoms with Gasteiger partial charge in [-0.25, -0.2) is 0 Å². The van der Waals surface area contributed by atoms with Crippen LogP contribution in [0.25, 0.3) is 0 Å². The van der Waals surface area contributed by atoms with Crippen molar-refractivity contribution in [1.82, 2.24) is 15.4 Å². The van der Waals surface area contributed by atoms with E-state index >= 15 is 0 Å². The Bertz CT molecular complexity index is 261. The fourth-order valence-electron chi connectivity index (χ4n) is 2.96. The van der Waals surface area contributed by atoms with E-state index < -0.39 is 0 Å².